The Balaban J connectivity index is 2.19. The highest BCUT2D eigenvalue weighted by atomic mass is 16.5. The van der Waals surface area contributed by atoms with E-state index in [4.69, 9.17) is 4.74 Å². The molecule has 1 fully saturated rings. The summed E-state index contributed by atoms with van der Waals surface area (Å²) < 4.78 is 4.72. The number of ether oxygens (including phenoxy) is 1. The van der Waals surface area contributed by atoms with Crippen molar-refractivity contribution in [3.05, 3.63) is 12.2 Å². The van der Waals surface area contributed by atoms with Gasteiger partial charge in [0.15, 0.2) is 0 Å². The molecule has 16 heavy (non-hydrogen) atoms. The van der Waals surface area contributed by atoms with E-state index >= 15 is 0 Å². The second-order valence-corrected chi connectivity index (χ2v) is 4.08. The molecule has 2 amide bonds. The van der Waals surface area contributed by atoms with Crippen molar-refractivity contribution < 1.29 is 14.3 Å². The Morgan fingerprint density at radius 3 is 2.56 bits per heavy atom. The fourth-order valence-corrected chi connectivity index (χ4v) is 2.29. The smallest absolute Gasteiger partial charge is 0.411 e. The summed E-state index contributed by atoms with van der Waals surface area (Å²) in [6.45, 7) is 3.18. The topological polar surface area (TPSA) is 49.9 Å². The van der Waals surface area contributed by atoms with Crippen LogP contribution in [-0.2, 0) is 9.53 Å². The lowest BCUT2D eigenvalue weighted by Gasteiger charge is -2.47. The zero-order valence-electron chi connectivity index (χ0n) is 9.55. The van der Waals surface area contributed by atoms with Crippen molar-refractivity contribution >= 4 is 12.0 Å². The SMILES string of the molecule is CCC(=O)N1CC2C=CC1N(C(=O)OC)C2. The van der Waals surface area contributed by atoms with E-state index in [0.717, 1.165) is 0 Å². The van der Waals surface area contributed by atoms with Gasteiger partial charge in [-0.15, -0.1) is 0 Å². The minimum Gasteiger partial charge on any atom is -0.453 e. The maximum atomic E-state index is 11.7. The van der Waals surface area contributed by atoms with Crippen molar-refractivity contribution in [1.82, 2.24) is 9.80 Å². The maximum Gasteiger partial charge on any atom is 0.411 e. The Kier molecular flexibility index (Phi) is 2.85. The molecule has 0 spiro atoms. The zero-order valence-corrected chi connectivity index (χ0v) is 9.55. The van der Waals surface area contributed by atoms with E-state index in [1.807, 2.05) is 13.0 Å². The minimum absolute atomic E-state index is 0.0768. The molecule has 3 aliphatic heterocycles. The Morgan fingerprint density at radius 2 is 2.00 bits per heavy atom. The largest absolute Gasteiger partial charge is 0.453 e. The van der Waals surface area contributed by atoms with Crippen molar-refractivity contribution in [1.29, 1.82) is 0 Å². The first kappa shape index (κ1) is 11.0. The summed E-state index contributed by atoms with van der Waals surface area (Å²) in [6, 6.07) is 0. The van der Waals surface area contributed by atoms with Crippen LogP contribution in [0.25, 0.3) is 0 Å². The van der Waals surface area contributed by atoms with Crippen LogP contribution in [0.3, 0.4) is 0 Å². The van der Waals surface area contributed by atoms with Crippen LogP contribution in [0, 0.1) is 5.92 Å². The van der Waals surface area contributed by atoms with Gasteiger partial charge in [-0.2, -0.15) is 0 Å². The summed E-state index contributed by atoms with van der Waals surface area (Å²) in [7, 11) is 1.36. The molecule has 5 nitrogen and oxygen atoms in total. The second kappa shape index (κ2) is 4.15. The van der Waals surface area contributed by atoms with Gasteiger partial charge in [0.2, 0.25) is 5.91 Å². The number of nitrogens with zero attached hydrogens (tertiary/aromatic N) is 2. The second-order valence-electron chi connectivity index (χ2n) is 4.08. The molecule has 0 aromatic rings. The molecule has 0 N–H and O–H groups in total. The van der Waals surface area contributed by atoms with E-state index in [1.54, 1.807) is 9.80 Å². The van der Waals surface area contributed by atoms with Gasteiger partial charge in [0.1, 0.15) is 6.17 Å². The first-order valence-corrected chi connectivity index (χ1v) is 5.49. The number of hydrogen-bond donors (Lipinski definition) is 0. The molecule has 2 unspecified atom stereocenters. The summed E-state index contributed by atoms with van der Waals surface area (Å²) in [4.78, 5) is 26.6. The Hall–Kier alpha value is -1.52. The lowest BCUT2D eigenvalue weighted by Crippen LogP contribution is -2.61. The highest BCUT2D eigenvalue weighted by molar-refractivity contribution is 5.78. The van der Waals surface area contributed by atoms with Gasteiger partial charge in [-0.1, -0.05) is 13.0 Å². The first-order chi connectivity index (χ1) is 7.67. The maximum absolute atomic E-state index is 11.7. The van der Waals surface area contributed by atoms with Gasteiger partial charge in [0.25, 0.3) is 0 Å². The van der Waals surface area contributed by atoms with Gasteiger partial charge < -0.3 is 9.64 Å². The van der Waals surface area contributed by atoms with E-state index in [1.165, 1.54) is 7.11 Å². The zero-order chi connectivity index (χ0) is 11.7. The monoisotopic (exact) mass is 224 g/mol. The molecule has 0 radical (unpaired) electrons. The first-order valence-electron chi connectivity index (χ1n) is 5.49. The lowest BCUT2D eigenvalue weighted by molar-refractivity contribution is -0.139. The van der Waals surface area contributed by atoms with Crippen molar-refractivity contribution in [3.63, 3.8) is 0 Å². The number of fused-ring (bicyclic) bond motifs is 2. The molecule has 3 rings (SSSR count). The Morgan fingerprint density at radius 1 is 1.31 bits per heavy atom. The fraction of sp³-hybridized carbons (Fsp3) is 0.636. The van der Waals surface area contributed by atoms with Gasteiger partial charge in [-0.3, -0.25) is 9.69 Å². The average molecular weight is 224 g/mol. The summed E-state index contributed by atoms with van der Waals surface area (Å²) in [5.41, 5.74) is 0. The third-order valence-electron chi connectivity index (χ3n) is 3.09. The van der Waals surface area contributed by atoms with E-state index in [-0.39, 0.29) is 24.1 Å². The third kappa shape index (κ3) is 1.66. The van der Waals surface area contributed by atoms with Gasteiger partial charge >= 0.3 is 6.09 Å². The number of methoxy groups -OCH3 is 1. The normalized spacial score (nSPS) is 27.1. The van der Waals surface area contributed by atoms with Crippen LogP contribution >= 0.6 is 0 Å². The molecule has 88 valence electrons. The van der Waals surface area contributed by atoms with E-state index < -0.39 is 0 Å². The molecule has 0 aliphatic carbocycles. The van der Waals surface area contributed by atoms with Crippen LogP contribution in [0.2, 0.25) is 0 Å². The molecule has 0 aromatic carbocycles. The molecule has 2 atom stereocenters. The Labute approximate surface area is 94.6 Å². The van der Waals surface area contributed by atoms with Crippen molar-refractivity contribution in [2.24, 2.45) is 5.92 Å². The summed E-state index contributed by atoms with van der Waals surface area (Å²) in [6.07, 6.45) is 3.82. The van der Waals surface area contributed by atoms with Crippen LogP contribution in [0.15, 0.2) is 12.2 Å². The van der Waals surface area contributed by atoms with E-state index in [0.29, 0.717) is 19.5 Å². The number of hydrogen-bond acceptors (Lipinski definition) is 3. The fourth-order valence-electron chi connectivity index (χ4n) is 2.29. The van der Waals surface area contributed by atoms with Crippen LogP contribution in [-0.4, -0.2) is 48.2 Å². The number of carbonyl (C=O) groups is 2. The van der Waals surface area contributed by atoms with Crippen molar-refractivity contribution in [2.45, 2.75) is 19.5 Å². The molecule has 2 bridgehead atoms. The Bertz CT molecular complexity index is 314. The predicted molar refractivity (Wildman–Crippen MR) is 57.5 cm³/mol. The molecule has 5 heteroatoms. The minimum atomic E-state index is -0.368. The molecule has 3 heterocycles. The summed E-state index contributed by atoms with van der Waals surface area (Å²) >= 11 is 0. The van der Waals surface area contributed by atoms with Gasteiger partial charge in [0.05, 0.1) is 7.11 Å². The molecule has 0 aromatic heterocycles. The molecular weight excluding hydrogens is 208 g/mol. The van der Waals surface area contributed by atoms with E-state index in [9.17, 15) is 9.59 Å². The summed E-state index contributed by atoms with van der Waals surface area (Å²) in [5, 5.41) is 0. The van der Waals surface area contributed by atoms with Crippen LogP contribution in [0.1, 0.15) is 13.3 Å². The third-order valence-corrected chi connectivity index (χ3v) is 3.09. The summed E-state index contributed by atoms with van der Waals surface area (Å²) in [5.74, 6) is 0.313. The lowest BCUT2D eigenvalue weighted by atomic mass is 9.97. The van der Waals surface area contributed by atoms with Crippen molar-refractivity contribution in [3.8, 4) is 0 Å². The number of carbonyl (C=O) groups excluding carboxylic acids is 2. The van der Waals surface area contributed by atoms with Gasteiger partial charge in [-0.05, 0) is 6.08 Å². The van der Waals surface area contributed by atoms with Crippen molar-refractivity contribution in [2.75, 3.05) is 20.2 Å². The molecular formula is C11H16N2O3. The average Bonchev–Trinajstić information content (AvgIpc) is 2.37. The number of amides is 2. The van der Waals surface area contributed by atoms with Crippen LogP contribution in [0.4, 0.5) is 4.79 Å². The van der Waals surface area contributed by atoms with Crippen LogP contribution < -0.4 is 0 Å². The molecule has 1 saturated heterocycles. The van der Waals surface area contributed by atoms with Gasteiger partial charge in [-0.25, -0.2) is 4.79 Å². The van der Waals surface area contributed by atoms with Gasteiger partial charge in [0, 0.05) is 25.4 Å². The quantitative estimate of drug-likeness (QED) is 0.619. The van der Waals surface area contributed by atoms with E-state index in [2.05, 4.69) is 6.08 Å². The standard InChI is InChI=1S/C11H16N2O3/c1-3-10(14)12-6-8-4-5-9(12)13(7-8)11(15)16-2/h4-5,8-9H,3,6-7H2,1-2H3. The molecule has 3 aliphatic rings. The number of rotatable bonds is 1. The molecule has 0 saturated carbocycles. The predicted octanol–water partition coefficient (Wildman–Crippen LogP) is 0.819. The highest BCUT2D eigenvalue weighted by Gasteiger charge is 2.40. The van der Waals surface area contributed by atoms with Crippen LogP contribution in [0.5, 0.6) is 0 Å². The highest BCUT2D eigenvalue weighted by Crippen LogP contribution is 2.27.